The van der Waals surface area contributed by atoms with Gasteiger partial charge in [0, 0.05) is 18.3 Å². The summed E-state index contributed by atoms with van der Waals surface area (Å²) in [4.78, 5) is 26.6. The fourth-order valence-electron chi connectivity index (χ4n) is 3.71. The van der Waals surface area contributed by atoms with E-state index < -0.39 is 0 Å². The zero-order valence-corrected chi connectivity index (χ0v) is 18.4. The molecule has 3 aromatic carbocycles. The maximum Gasteiger partial charge on any atom is 0.200 e. The van der Waals surface area contributed by atoms with Crippen LogP contribution >= 0.6 is 0 Å². The Morgan fingerprint density at radius 3 is 2.28 bits per heavy atom. The molecule has 0 spiro atoms. The van der Waals surface area contributed by atoms with Gasteiger partial charge in [0.25, 0.3) is 0 Å². The van der Waals surface area contributed by atoms with Crippen LogP contribution < -0.4 is 14.9 Å². The average molecular weight is 428 g/mol. The first kappa shape index (κ1) is 21.4. The van der Waals surface area contributed by atoms with Crippen LogP contribution in [0, 0.1) is 6.92 Å². The zero-order valence-electron chi connectivity index (χ0n) is 18.4. The Balaban J connectivity index is 1.87. The molecule has 0 saturated carbocycles. The summed E-state index contributed by atoms with van der Waals surface area (Å²) in [6.45, 7) is 4.96. The number of carbonyl (C=O) groups excluding carboxylic acids is 1. The lowest BCUT2D eigenvalue weighted by Gasteiger charge is -2.15. The number of aryl methyl sites for hydroxylation is 1. The molecule has 0 aliphatic rings. The second-order valence-electron chi connectivity index (χ2n) is 7.65. The second kappa shape index (κ2) is 9.10. The predicted octanol–water partition coefficient (Wildman–Crippen LogP) is 5.00. The number of carbonyl (C=O) groups is 1. The largest absolute Gasteiger partial charge is 0.497 e. The number of rotatable bonds is 7. The summed E-state index contributed by atoms with van der Waals surface area (Å²) in [5.74, 6) is 0.935. The van der Waals surface area contributed by atoms with Crippen molar-refractivity contribution in [2.24, 2.45) is 0 Å². The van der Waals surface area contributed by atoms with Crippen molar-refractivity contribution in [3.8, 4) is 11.5 Å². The van der Waals surface area contributed by atoms with E-state index in [0.717, 1.165) is 11.1 Å². The number of pyridine rings is 1. The lowest BCUT2D eigenvalue weighted by Crippen LogP contribution is -2.20. The van der Waals surface area contributed by atoms with Crippen LogP contribution in [0.4, 0.5) is 0 Å². The molecule has 4 rings (SSSR count). The summed E-state index contributed by atoms with van der Waals surface area (Å²) in [6.07, 6.45) is 1.66. The lowest BCUT2D eigenvalue weighted by molar-refractivity contribution is 0.103. The van der Waals surface area contributed by atoms with E-state index >= 15 is 0 Å². The van der Waals surface area contributed by atoms with E-state index in [1.165, 1.54) is 5.56 Å². The quantitative estimate of drug-likeness (QED) is 0.390. The molecule has 0 fully saturated rings. The smallest absolute Gasteiger partial charge is 0.200 e. The van der Waals surface area contributed by atoms with Crippen molar-refractivity contribution in [1.29, 1.82) is 0 Å². The molecule has 0 saturated heterocycles. The average Bonchev–Trinajstić information content (AvgIpc) is 2.82. The molecule has 0 aliphatic heterocycles. The molecule has 0 radical (unpaired) electrons. The normalized spacial score (nSPS) is 10.8. The molecule has 162 valence electrons. The maximum absolute atomic E-state index is 13.4. The lowest BCUT2D eigenvalue weighted by atomic mass is 10.0. The first-order valence-corrected chi connectivity index (χ1v) is 10.5. The van der Waals surface area contributed by atoms with Gasteiger partial charge in [0.05, 0.1) is 30.2 Å². The first-order chi connectivity index (χ1) is 15.5. The van der Waals surface area contributed by atoms with Gasteiger partial charge < -0.3 is 14.0 Å². The Morgan fingerprint density at radius 2 is 1.62 bits per heavy atom. The first-order valence-electron chi connectivity index (χ1n) is 10.5. The molecule has 1 heterocycles. The fourth-order valence-corrected chi connectivity index (χ4v) is 3.71. The molecule has 32 heavy (non-hydrogen) atoms. The topological polar surface area (TPSA) is 57.5 Å². The van der Waals surface area contributed by atoms with Crippen molar-refractivity contribution < 1.29 is 14.3 Å². The SMILES string of the molecule is CCOc1ccc2c(c1)c(=O)c(C(=O)c1ccc(OC)cc1)cn2Cc1ccc(C)cc1. The van der Waals surface area contributed by atoms with Gasteiger partial charge in [-0.1, -0.05) is 29.8 Å². The van der Waals surface area contributed by atoms with E-state index in [0.29, 0.717) is 35.6 Å². The van der Waals surface area contributed by atoms with Gasteiger partial charge in [-0.25, -0.2) is 0 Å². The molecule has 0 amide bonds. The van der Waals surface area contributed by atoms with Gasteiger partial charge in [-0.05, 0) is 61.9 Å². The summed E-state index contributed by atoms with van der Waals surface area (Å²) >= 11 is 0. The predicted molar refractivity (Wildman–Crippen MR) is 126 cm³/mol. The van der Waals surface area contributed by atoms with Gasteiger partial charge in [0.2, 0.25) is 5.43 Å². The fraction of sp³-hybridized carbons (Fsp3) is 0.185. The minimum absolute atomic E-state index is 0.128. The Kier molecular flexibility index (Phi) is 6.08. The second-order valence-corrected chi connectivity index (χ2v) is 7.65. The summed E-state index contributed by atoms with van der Waals surface area (Å²) < 4.78 is 12.7. The number of fused-ring (bicyclic) bond motifs is 1. The van der Waals surface area contributed by atoms with Crippen molar-refractivity contribution in [2.45, 2.75) is 20.4 Å². The summed E-state index contributed by atoms with van der Waals surface area (Å²) in [6, 6.07) is 20.4. The molecule has 0 bridgehead atoms. The molecular weight excluding hydrogens is 402 g/mol. The van der Waals surface area contributed by atoms with Crippen molar-refractivity contribution >= 4 is 16.7 Å². The number of hydrogen-bond acceptors (Lipinski definition) is 4. The van der Waals surface area contributed by atoms with Crippen molar-refractivity contribution in [1.82, 2.24) is 4.57 Å². The number of aromatic nitrogens is 1. The molecule has 1 aromatic heterocycles. The number of nitrogens with zero attached hydrogens (tertiary/aromatic N) is 1. The molecule has 0 unspecified atom stereocenters. The molecule has 5 heteroatoms. The number of methoxy groups -OCH3 is 1. The highest BCUT2D eigenvalue weighted by molar-refractivity contribution is 6.10. The summed E-state index contributed by atoms with van der Waals surface area (Å²) in [5, 5.41) is 0.461. The van der Waals surface area contributed by atoms with Gasteiger partial charge in [-0.2, -0.15) is 0 Å². The maximum atomic E-state index is 13.4. The third-order valence-electron chi connectivity index (χ3n) is 5.43. The molecular formula is C27H25NO4. The van der Waals surface area contributed by atoms with Crippen molar-refractivity contribution in [3.63, 3.8) is 0 Å². The van der Waals surface area contributed by atoms with Crippen LogP contribution in [0.15, 0.2) is 77.7 Å². The van der Waals surface area contributed by atoms with Gasteiger partial charge in [0.15, 0.2) is 5.78 Å². The van der Waals surface area contributed by atoms with E-state index in [-0.39, 0.29) is 16.8 Å². The van der Waals surface area contributed by atoms with Crippen molar-refractivity contribution in [3.05, 3.63) is 105 Å². The highest BCUT2D eigenvalue weighted by Crippen LogP contribution is 2.22. The molecule has 5 nitrogen and oxygen atoms in total. The summed E-state index contributed by atoms with van der Waals surface area (Å²) in [7, 11) is 1.57. The molecule has 0 N–H and O–H groups in total. The molecule has 0 atom stereocenters. The Morgan fingerprint density at radius 1 is 0.938 bits per heavy atom. The highest BCUT2D eigenvalue weighted by Gasteiger charge is 2.18. The standard InChI is InChI=1S/C27H25NO4/c1-4-32-22-13-14-25-23(15-22)27(30)24(26(29)20-9-11-21(31-3)12-10-20)17-28(25)16-19-7-5-18(2)6-8-19/h5-15,17H,4,16H2,1-3H3. The zero-order chi connectivity index (χ0) is 22.7. The Hall–Kier alpha value is -3.86. The monoisotopic (exact) mass is 427 g/mol. The van der Waals surface area contributed by atoms with Crippen LogP contribution in [0.2, 0.25) is 0 Å². The van der Waals surface area contributed by atoms with E-state index in [9.17, 15) is 9.59 Å². The third kappa shape index (κ3) is 4.28. The van der Waals surface area contributed by atoms with Crippen molar-refractivity contribution in [2.75, 3.05) is 13.7 Å². The molecule has 4 aromatic rings. The van der Waals surface area contributed by atoms with Crippen LogP contribution in [0.5, 0.6) is 11.5 Å². The number of benzene rings is 3. The third-order valence-corrected chi connectivity index (χ3v) is 5.43. The van der Waals surface area contributed by atoms with E-state index in [4.69, 9.17) is 9.47 Å². The molecule has 0 aliphatic carbocycles. The van der Waals surface area contributed by atoms with Gasteiger partial charge in [-0.3, -0.25) is 9.59 Å². The highest BCUT2D eigenvalue weighted by atomic mass is 16.5. The number of hydrogen-bond donors (Lipinski definition) is 0. The number of ketones is 1. The Labute approximate surface area is 186 Å². The minimum Gasteiger partial charge on any atom is -0.497 e. The van der Waals surface area contributed by atoms with Crippen LogP contribution in [-0.4, -0.2) is 24.1 Å². The van der Waals surface area contributed by atoms with Crippen LogP contribution in [-0.2, 0) is 6.54 Å². The van der Waals surface area contributed by atoms with Crippen LogP contribution in [0.3, 0.4) is 0 Å². The van der Waals surface area contributed by atoms with Crippen LogP contribution in [0.25, 0.3) is 10.9 Å². The van der Waals surface area contributed by atoms with Crippen LogP contribution in [0.1, 0.15) is 34.0 Å². The Bertz CT molecular complexity index is 1320. The van der Waals surface area contributed by atoms with Gasteiger partial charge in [0.1, 0.15) is 11.5 Å². The van der Waals surface area contributed by atoms with Gasteiger partial charge >= 0.3 is 0 Å². The minimum atomic E-state index is -0.320. The van der Waals surface area contributed by atoms with E-state index in [1.807, 2.05) is 30.5 Å². The van der Waals surface area contributed by atoms with Gasteiger partial charge in [-0.15, -0.1) is 0 Å². The van der Waals surface area contributed by atoms with E-state index in [2.05, 4.69) is 24.3 Å². The number of ether oxygens (including phenoxy) is 2. The van der Waals surface area contributed by atoms with E-state index in [1.54, 1.807) is 43.6 Å². The summed E-state index contributed by atoms with van der Waals surface area (Å²) in [5.41, 5.74) is 3.27.